The molecule has 2 aromatic heterocycles. The summed E-state index contributed by atoms with van der Waals surface area (Å²) in [5, 5.41) is 7.33. The fourth-order valence-corrected chi connectivity index (χ4v) is 2.70. The lowest BCUT2D eigenvalue weighted by Crippen LogP contribution is -1.93. The molecular formula is C14H14N4S. The molecule has 1 aromatic carbocycles. The molecule has 0 aliphatic heterocycles. The van der Waals surface area contributed by atoms with E-state index >= 15 is 0 Å². The Morgan fingerprint density at radius 1 is 1.32 bits per heavy atom. The van der Waals surface area contributed by atoms with Crippen LogP contribution in [-0.2, 0) is 6.42 Å². The van der Waals surface area contributed by atoms with Gasteiger partial charge in [0.1, 0.15) is 0 Å². The average Bonchev–Trinajstić information content (AvgIpc) is 3.07. The van der Waals surface area contributed by atoms with E-state index in [2.05, 4.69) is 22.4 Å². The number of benzene rings is 1. The molecule has 0 unspecified atom stereocenters. The molecule has 0 saturated carbocycles. The van der Waals surface area contributed by atoms with Crippen LogP contribution in [0.2, 0.25) is 0 Å². The van der Waals surface area contributed by atoms with Crippen molar-refractivity contribution in [2.75, 3.05) is 5.73 Å². The highest BCUT2D eigenvalue weighted by atomic mass is 32.1. The minimum absolute atomic E-state index is 0.757. The van der Waals surface area contributed by atoms with Gasteiger partial charge in [0.15, 0.2) is 0 Å². The Bertz CT molecular complexity index is 699. The van der Waals surface area contributed by atoms with Crippen LogP contribution >= 0.6 is 11.3 Å². The van der Waals surface area contributed by atoms with Gasteiger partial charge in [0.2, 0.25) is 5.13 Å². The van der Waals surface area contributed by atoms with Crippen molar-refractivity contribution in [3.05, 3.63) is 47.7 Å². The molecule has 0 aliphatic rings. The number of nitrogens with zero attached hydrogens (tertiary/aromatic N) is 3. The fourth-order valence-electron chi connectivity index (χ4n) is 1.86. The molecule has 0 bridgehead atoms. The molecule has 0 aliphatic carbocycles. The molecule has 2 heterocycles. The first-order valence-electron chi connectivity index (χ1n) is 6.11. The minimum atomic E-state index is 0.757. The topological polar surface area (TPSA) is 56.7 Å². The maximum atomic E-state index is 5.80. The fraction of sp³-hybridized carbons (Fsp3) is 0.143. The zero-order valence-electron chi connectivity index (χ0n) is 10.6. The number of hydrogen-bond donors (Lipinski definition) is 1. The second-order valence-electron chi connectivity index (χ2n) is 4.27. The first kappa shape index (κ1) is 11.9. The van der Waals surface area contributed by atoms with Crippen LogP contribution in [0.25, 0.3) is 16.3 Å². The van der Waals surface area contributed by atoms with Crippen molar-refractivity contribution in [2.24, 2.45) is 0 Å². The highest BCUT2D eigenvalue weighted by Crippen LogP contribution is 2.23. The molecular weight excluding hydrogens is 256 g/mol. The van der Waals surface area contributed by atoms with Crippen molar-refractivity contribution in [1.29, 1.82) is 0 Å². The van der Waals surface area contributed by atoms with E-state index < -0.39 is 0 Å². The molecule has 19 heavy (non-hydrogen) atoms. The van der Waals surface area contributed by atoms with Crippen molar-refractivity contribution < 1.29 is 0 Å². The summed E-state index contributed by atoms with van der Waals surface area (Å²) in [6.45, 7) is 2.10. The summed E-state index contributed by atoms with van der Waals surface area (Å²) in [6.07, 6.45) is 4.76. The normalized spacial score (nSPS) is 10.8. The Kier molecular flexibility index (Phi) is 3.05. The lowest BCUT2D eigenvalue weighted by atomic mass is 10.1. The van der Waals surface area contributed by atoms with Crippen LogP contribution in [0.1, 0.15) is 12.6 Å². The second-order valence-corrected chi connectivity index (χ2v) is 5.11. The predicted molar refractivity (Wildman–Crippen MR) is 78.5 cm³/mol. The Hall–Kier alpha value is -2.14. The largest absolute Gasteiger partial charge is 0.399 e. The first-order chi connectivity index (χ1) is 9.26. The van der Waals surface area contributed by atoms with Gasteiger partial charge >= 0.3 is 0 Å². The van der Waals surface area contributed by atoms with Gasteiger partial charge in [0.05, 0.1) is 11.9 Å². The lowest BCUT2D eigenvalue weighted by Gasteiger charge is -1.98. The van der Waals surface area contributed by atoms with Gasteiger partial charge < -0.3 is 5.73 Å². The van der Waals surface area contributed by atoms with E-state index in [1.165, 1.54) is 0 Å². The number of nitrogens with two attached hydrogens (primary N) is 1. The molecule has 3 rings (SSSR count). The van der Waals surface area contributed by atoms with Gasteiger partial charge in [-0.15, -0.1) is 11.3 Å². The number of hydrogen-bond acceptors (Lipinski definition) is 4. The van der Waals surface area contributed by atoms with E-state index in [4.69, 9.17) is 5.73 Å². The van der Waals surface area contributed by atoms with Crippen molar-refractivity contribution in [3.8, 4) is 16.3 Å². The predicted octanol–water partition coefficient (Wildman–Crippen LogP) is 3.14. The summed E-state index contributed by atoms with van der Waals surface area (Å²) in [7, 11) is 0. The smallest absolute Gasteiger partial charge is 0.210 e. The molecule has 0 spiro atoms. The molecule has 0 saturated heterocycles. The molecule has 0 amide bonds. The molecule has 4 nitrogen and oxygen atoms in total. The van der Waals surface area contributed by atoms with E-state index in [1.807, 2.05) is 41.3 Å². The average molecular weight is 270 g/mol. The molecule has 0 atom stereocenters. The van der Waals surface area contributed by atoms with Crippen molar-refractivity contribution in [3.63, 3.8) is 0 Å². The van der Waals surface area contributed by atoms with Gasteiger partial charge in [-0.05, 0) is 24.1 Å². The molecule has 96 valence electrons. The van der Waals surface area contributed by atoms with Crippen molar-refractivity contribution >= 4 is 17.0 Å². The van der Waals surface area contributed by atoms with Gasteiger partial charge in [0.25, 0.3) is 0 Å². The number of nitrogen functional groups attached to an aromatic ring is 1. The number of aromatic nitrogens is 3. The zero-order valence-corrected chi connectivity index (χ0v) is 11.4. The maximum absolute atomic E-state index is 5.80. The van der Waals surface area contributed by atoms with E-state index in [1.54, 1.807) is 11.3 Å². The first-order valence-corrected chi connectivity index (χ1v) is 6.99. The van der Waals surface area contributed by atoms with Crippen LogP contribution in [-0.4, -0.2) is 14.8 Å². The number of aryl methyl sites for hydroxylation is 1. The van der Waals surface area contributed by atoms with Gasteiger partial charge in [-0.25, -0.2) is 9.67 Å². The maximum Gasteiger partial charge on any atom is 0.210 e. The van der Waals surface area contributed by atoms with Gasteiger partial charge in [-0.3, -0.25) is 0 Å². The summed E-state index contributed by atoms with van der Waals surface area (Å²) in [6, 6.07) is 7.79. The standard InChI is InChI=1S/C14H14N4S/c1-2-13-9-19-14(17-13)18-8-11(7-16-18)10-4-3-5-12(15)6-10/h3-9H,2,15H2,1H3. The molecule has 2 N–H and O–H groups in total. The SMILES string of the molecule is CCc1csc(-n2cc(-c3cccc(N)c3)cn2)n1. The number of thiazole rings is 1. The third-order valence-corrected chi connectivity index (χ3v) is 3.78. The molecule has 0 fully saturated rings. The summed E-state index contributed by atoms with van der Waals surface area (Å²) in [5.41, 5.74) is 9.76. The van der Waals surface area contributed by atoms with Gasteiger partial charge in [0, 0.05) is 22.8 Å². The Morgan fingerprint density at radius 2 is 2.21 bits per heavy atom. The summed E-state index contributed by atoms with van der Waals surface area (Å²) < 4.78 is 1.81. The third-order valence-electron chi connectivity index (χ3n) is 2.90. The van der Waals surface area contributed by atoms with Crippen LogP contribution in [0.3, 0.4) is 0 Å². The quantitative estimate of drug-likeness (QED) is 0.744. The van der Waals surface area contributed by atoms with E-state index in [9.17, 15) is 0 Å². The van der Waals surface area contributed by atoms with Crippen molar-refractivity contribution in [2.45, 2.75) is 13.3 Å². The van der Waals surface area contributed by atoms with E-state index in [-0.39, 0.29) is 0 Å². The molecule has 0 radical (unpaired) electrons. The van der Waals surface area contributed by atoms with E-state index in [0.29, 0.717) is 0 Å². The van der Waals surface area contributed by atoms with Crippen LogP contribution in [0, 0.1) is 0 Å². The Morgan fingerprint density at radius 3 is 2.95 bits per heavy atom. The third kappa shape index (κ3) is 2.37. The highest BCUT2D eigenvalue weighted by molar-refractivity contribution is 7.12. The minimum Gasteiger partial charge on any atom is -0.399 e. The van der Waals surface area contributed by atoms with Crippen LogP contribution < -0.4 is 5.73 Å². The van der Waals surface area contributed by atoms with E-state index in [0.717, 1.165) is 34.1 Å². The lowest BCUT2D eigenvalue weighted by molar-refractivity contribution is 0.859. The number of anilines is 1. The van der Waals surface area contributed by atoms with Crippen molar-refractivity contribution in [1.82, 2.24) is 14.8 Å². The summed E-state index contributed by atoms with van der Waals surface area (Å²) >= 11 is 1.60. The zero-order chi connectivity index (χ0) is 13.2. The summed E-state index contributed by atoms with van der Waals surface area (Å²) in [5.74, 6) is 0. The van der Waals surface area contributed by atoms with Crippen LogP contribution in [0.15, 0.2) is 42.0 Å². The van der Waals surface area contributed by atoms with Gasteiger partial charge in [-0.1, -0.05) is 19.1 Å². The monoisotopic (exact) mass is 270 g/mol. The molecule has 5 heteroatoms. The Labute approximate surface area is 115 Å². The van der Waals surface area contributed by atoms with Crippen LogP contribution in [0.5, 0.6) is 0 Å². The van der Waals surface area contributed by atoms with Gasteiger partial charge in [-0.2, -0.15) is 5.10 Å². The number of rotatable bonds is 3. The molecule has 3 aromatic rings. The highest BCUT2D eigenvalue weighted by Gasteiger charge is 2.07. The second kappa shape index (κ2) is 4.85. The summed E-state index contributed by atoms with van der Waals surface area (Å²) in [4.78, 5) is 4.52. The van der Waals surface area contributed by atoms with Crippen LogP contribution in [0.4, 0.5) is 5.69 Å². The Balaban J connectivity index is 1.95.